The van der Waals surface area contributed by atoms with Gasteiger partial charge in [0.1, 0.15) is 35.1 Å². The van der Waals surface area contributed by atoms with E-state index in [1.54, 1.807) is 33.9 Å². The minimum atomic E-state index is -3.90. The largest absolute Gasteiger partial charge is 0.497 e. The molecule has 2 saturated carbocycles. The van der Waals surface area contributed by atoms with Gasteiger partial charge in [-0.05, 0) is 88.9 Å². The van der Waals surface area contributed by atoms with Crippen LogP contribution < -0.4 is 24.8 Å². The Hall–Kier alpha value is -5.18. The number of nitrogens with one attached hydrogen (secondary N) is 3. The molecule has 3 N–H and O–H groups in total. The van der Waals surface area contributed by atoms with Crippen LogP contribution in [0.4, 0.5) is 4.79 Å². The lowest BCUT2D eigenvalue weighted by atomic mass is 10.0. The molecule has 0 bridgehead atoms. The summed E-state index contributed by atoms with van der Waals surface area (Å²) < 4.78 is 45.7. The van der Waals surface area contributed by atoms with Gasteiger partial charge in [0, 0.05) is 23.3 Å². The topological polar surface area (TPSA) is 182 Å². The predicted molar refractivity (Wildman–Crippen MR) is 213 cm³/mol. The fraction of sp³-hybridized carbons (Fsp3) is 0.500. The molecule has 1 aromatic heterocycles. The quantitative estimate of drug-likeness (QED) is 0.258. The highest BCUT2D eigenvalue weighted by Gasteiger charge is 2.62. The van der Waals surface area contributed by atoms with Crippen LogP contribution in [0.15, 0.2) is 66.7 Å². The van der Waals surface area contributed by atoms with Crippen molar-refractivity contribution >= 4 is 44.6 Å². The van der Waals surface area contributed by atoms with E-state index in [2.05, 4.69) is 15.4 Å². The molecule has 15 heteroatoms. The Morgan fingerprint density at radius 2 is 1.77 bits per heavy atom. The number of ether oxygens (including phenoxy) is 3. The van der Waals surface area contributed by atoms with Crippen molar-refractivity contribution in [2.45, 2.75) is 113 Å². The van der Waals surface area contributed by atoms with Crippen LogP contribution in [0.2, 0.25) is 0 Å². The van der Waals surface area contributed by atoms with Crippen molar-refractivity contribution in [2.75, 3.05) is 13.7 Å². The number of alkyl carbamates (subject to hydrolysis) is 1. The van der Waals surface area contributed by atoms with Gasteiger partial charge in [-0.1, -0.05) is 55.3 Å². The number of carbonyl (C=O) groups is 4. The lowest BCUT2D eigenvalue weighted by Crippen LogP contribution is -2.58. The van der Waals surface area contributed by atoms with Crippen LogP contribution >= 0.6 is 0 Å². The lowest BCUT2D eigenvalue weighted by molar-refractivity contribution is -0.141. The molecule has 14 nitrogen and oxygen atoms in total. The first kappa shape index (κ1) is 40.0. The number of fused-ring (bicyclic) bond motifs is 3. The van der Waals surface area contributed by atoms with Gasteiger partial charge in [-0.2, -0.15) is 0 Å². The number of benzene rings is 2. The SMILES string of the molecule is COc1ccc2c(OC3C[C@H]4C(=O)N[C@]5(C(=O)NS(=O)(=O)C6CC6)CC5/C=C\CCCCC[C@H](NC(=O)OC(C)(C)C)C(=O)N4C3)nc(-c3ccccc3)cc2c1. The van der Waals surface area contributed by atoms with Crippen LogP contribution in [0.3, 0.4) is 0 Å². The third-order valence-corrected chi connectivity index (χ3v) is 12.7. The van der Waals surface area contributed by atoms with Crippen molar-refractivity contribution < 1.29 is 41.8 Å². The Kier molecular flexibility index (Phi) is 11.2. The number of amides is 4. The average Bonchev–Trinajstić information content (AvgIpc) is 4.09. The summed E-state index contributed by atoms with van der Waals surface area (Å²) in [6.07, 6.45) is 6.65. The van der Waals surface area contributed by atoms with Crippen LogP contribution in [0, 0.1) is 5.92 Å². The van der Waals surface area contributed by atoms with Gasteiger partial charge in [0.25, 0.3) is 5.91 Å². The van der Waals surface area contributed by atoms with Gasteiger partial charge >= 0.3 is 6.09 Å². The summed E-state index contributed by atoms with van der Waals surface area (Å²) in [5.41, 5.74) is -0.822. The second-order valence-corrected chi connectivity index (χ2v) is 18.4. The second-order valence-electron chi connectivity index (χ2n) is 16.5. The van der Waals surface area contributed by atoms with E-state index in [9.17, 15) is 27.6 Å². The monoisotopic (exact) mass is 801 g/mol. The van der Waals surface area contributed by atoms with Crippen LogP contribution in [0.25, 0.3) is 22.0 Å². The highest BCUT2D eigenvalue weighted by molar-refractivity contribution is 7.91. The molecule has 3 fully saturated rings. The smallest absolute Gasteiger partial charge is 0.408 e. The van der Waals surface area contributed by atoms with Crippen LogP contribution in [-0.2, 0) is 29.1 Å². The van der Waals surface area contributed by atoms with E-state index in [0.717, 1.165) is 23.8 Å². The van der Waals surface area contributed by atoms with Gasteiger partial charge < -0.3 is 29.7 Å². The normalized spacial score (nSPS) is 26.1. The summed E-state index contributed by atoms with van der Waals surface area (Å²) in [7, 11) is -2.32. The number of nitrogens with zero attached hydrogens (tertiary/aromatic N) is 2. The van der Waals surface area contributed by atoms with Crippen LogP contribution in [-0.4, -0.2) is 90.3 Å². The number of pyridine rings is 1. The fourth-order valence-electron chi connectivity index (χ4n) is 7.63. The number of aromatic nitrogens is 1. The zero-order chi connectivity index (χ0) is 40.5. The van der Waals surface area contributed by atoms with Crippen molar-refractivity contribution in [3.05, 3.63) is 66.7 Å². The third kappa shape index (κ3) is 9.19. The molecule has 2 aliphatic carbocycles. The molecule has 2 aromatic carbocycles. The van der Waals surface area contributed by atoms with Crippen molar-refractivity contribution in [1.29, 1.82) is 0 Å². The minimum absolute atomic E-state index is 0.0309. The Bertz CT molecular complexity index is 2170. The number of allylic oxidation sites excluding steroid dienone is 1. The first-order chi connectivity index (χ1) is 27.2. The Morgan fingerprint density at radius 1 is 1.00 bits per heavy atom. The zero-order valence-corrected chi connectivity index (χ0v) is 33.6. The first-order valence-corrected chi connectivity index (χ1v) is 21.3. The number of rotatable bonds is 8. The van der Waals surface area contributed by atoms with Gasteiger partial charge in [0.15, 0.2) is 0 Å². The summed E-state index contributed by atoms with van der Waals surface area (Å²) >= 11 is 0. The van der Waals surface area contributed by atoms with Gasteiger partial charge in [0.2, 0.25) is 27.7 Å². The number of carbonyl (C=O) groups excluding carboxylic acids is 4. The fourth-order valence-corrected chi connectivity index (χ4v) is 9.00. The van der Waals surface area contributed by atoms with Gasteiger partial charge in [-0.15, -0.1) is 0 Å². The van der Waals surface area contributed by atoms with Crippen molar-refractivity contribution in [3.63, 3.8) is 0 Å². The summed E-state index contributed by atoms with van der Waals surface area (Å²) in [5, 5.41) is 6.53. The van der Waals surface area contributed by atoms with E-state index in [-0.39, 0.29) is 19.4 Å². The summed E-state index contributed by atoms with van der Waals surface area (Å²) in [4.78, 5) is 62.3. The first-order valence-electron chi connectivity index (χ1n) is 19.7. The van der Waals surface area contributed by atoms with E-state index >= 15 is 0 Å². The Labute approximate surface area is 333 Å². The molecule has 3 aromatic rings. The molecule has 1 saturated heterocycles. The molecule has 2 unspecified atom stereocenters. The predicted octanol–water partition coefficient (Wildman–Crippen LogP) is 5.16. The number of methoxy groups -OCH3 is 1. The minimum Gasteiger partial charge on any atom is -0.497 e. The average molecular weight is 802 g/mol. The number of hydrogen-bond acceptors (Lipinski definition) is 10. The van der Waals surface area contributed by atoms with Crippen LogP contribution in [0.5, 0.6) is 11.6 Å². The highest BCUT2D eigenvalue weighted by atomic mass is 32.2. The summed E-state index contributed by atoms with van der Waals surface area (Å²) in [6, 6.07) is 14.9. The summed E-state index contributed by atoms with van der Waals surface area (Å²) in [5.74, 6) is -1.41. The van der Waals surface area contributed by atoms with Gasteiger partial charge in [0.05, 0.1) is 24.6 Å². The van der Waals surface area contributed by atoms with Gasteiger partial charge in [-0.3, -0.25) is 19.1 Å². The molecule has 2 aliphatic heterocycles. The maximum atomic E-state index is 14.6. The molecule has 4 aliphatic rings. The van der Waals surface area contributed by atoms with Crippen molar-refractivity contribution in [3.8, 4) is 22.9 Å². The second kappa shape index (κ2) is 16.0. The number of sulfonamides is 1. The lowest BCUT2D eigenvalue weighted by Gasteiger charge is -2.30. The standard InChI is InChI=1S/C42H51N5O9S/c1-41(2,3)56-40(51)44-33-16-12-7-5-6-11-15-28-24-42(28,39(50)46-57(52,53)31-18-19-31)45-36(48)35-23-30(25-47(35)38(33)49)55-37-32-20-17-29(54-4)21-27(32)22-34(43-37)26-13-9-8-10-14-26/h8-11,13-15,17,20-22,28,30-31,33,35H,5-7,12,16,18-19,23-25H2,1-4H3,(H,44,51)(H,45,48)(H,46,50)/b15-11-/t28?,30?,33-,35-,42+/m0/s1. The maximum absolute atomic E-state index is 14.6. The molecular weight excluding hydrogens is 751 g/mol. The van der Waals surface area contributed by atoms with Gasteiger partial charge in [-0.25, -0.2) is 18.2 Å². The molecule has 7 rings (SSSR count). The van der Waals surface area contributed by atoms with Crippen molar-refractivity contribution in [2.24, 2.45) is 5.92 Å². The van der Waals surface area contributed by atoms with Crippen LogP contribution in [0.1, 0.15) is 78.6 Å². The Balaban J connectivity index is 1.23. The molecular formula is C42H51N5O9S. The van der Waals surface area contributed by atoms with E-state index in [1.807, 2.05) is 60.7 Å². The molecule has 57 heavy (non-hydrogen) atoms. The van der Waals surface area contributed by atoms with E-state index in [1.165, 1.54) is 4.90 Å². The number of hydrogen-bond donors (Lipinski definition) is 3. The van der Waals surface area contributed by atoms with E-state index < -0.39 is 74.3 Å². The molecule has 4 amide bonds. The zero-order valence-electron chi connectivity index (χ0n) is 32.8. The van der Waals surface area contributed by atoms with E-state index in [0.29, 0.717) is 54.8 Å². The molecule has 304 valence electrons. The van der Waals surface area contributed by atoms with Crippen molar-refractivity contribution in [1.82, 2.24) is 25.2 Å². The molecule has 5 atom stereocenters. The highest BCUT2D eigenvalue weighted by Crippen LogP contribution is 2.46. The molecule has 3 heterocycles. The molecule has 0 radical (unpaired) electrons. The Morgan fingerprint density at radius 3 is 2.49 bits per heavy atom. The molecule has 0 spiro atoms. The van der Waals surface area contributed by atoms with E-state index in [4.69, 9.17) is 19.2 Å². The maximum Gasteiger partial charge on any atom is 0.408 e. The third-order valence-electron chi connectivity index (χ3n) is 10.9. The summed E-state index contributed by atoms with van der Waals surface area (Å²) in [6.45, 7) is 5.16.